The van der Waals surface area contributed by atoms with E-state index in [-0.39, 0.29) is 0 Å². The van der Waals surface area contributed by atoms with Crippen LogP contribution in [0, 0.1) is 0 Å². The summed E-state index contributed by atoms with van der Waals surface area (Å²) in [4.78, 5) is 6.97. The molecular formula is C16H15N3S2. The zero-order valence-electron chi connectivity index (χ0n) is 11.6. The molecule has 3 nitrogen and oxygen atoms in total. The minimum absolute atomic E-state index is 0.430. The van der Waals surface area contributed by atoms with Crippen molar-refractivity contribution in [2.24, 2.45) is 5.73 Å². The summed E-state index contributed by atoms with van der Waals surface area (Å²) in [5.41, 5.74) is 10.8. The molecule has 0 bridgehead atoms. The molecule has 0 aliphatic heterocycles. The highest BCUT2D eigenvalue weighted by Gasteiger charge is 2.11. The van der Waals surface area contributed by atoms with Crippen LogP contribution in [0.4, 0.5) is 5.69 Å². The lowest BCUT2D eigenvalue weighted by molar-refractivity contribution is 0.899. The van der Waals surface area contributed by atoms with E-state index in [9.17, 15) is 0 Å². The Kier molecular flexibility index (Phi) is 3.86. The number of nitrogens with zero attached hydrogens (tertiary/aromatic N) is 2. The highest BCUT2D eigenvalue weighted by molar-refractivity contribution is 7.80. The first-order chi connectivity index (χ1) is 10.2. The van der Waals surface area contributed by atoms with Crippen LogP contribution >= 0.6 is 23.6 Å². The highest BCUT2D eigenvalue weighted by atomic mass is 32.1. The predicted octanol–water partition coefficient (Wildman–Crippen LogP) is 3.57. The highest BCUT2D eigenvalue weighted by Crippen LogP contribution is 2.29. The van der Waals surface area contributed by atoms with Gasteiger partial charge in [-0.05, 0) is 17.5 Å². The van der Waals surface area contributed by atoms with Crippen LogP contribution in [0.3, 0.4) is 0 Å². The SMILES string of the molecule is CN(Cc1cscn1)c1ccc(C(N)=S)c2ccccc12. The molecule has 106 valence electrons. The van der Waals surface area contributed by atoms with Crippen molar-refractivity contribution in [3.8, 4) is 0 Å². The minimum atomic E-state index is 0.430. The zero-order valence-corrected chi connectivity index (χ0v) is 13.2. The van der Waals surface area contributed by atoms with Crippen molar-refractivity contribution in [2.75, 3.05) is 11.9 Å². The van der Waals surface area contributed by atoms with Gasteiger partial charge in [0.15, 0.2) is 0 Å². The maximum absolute atomic E-state index is 5.82. The van der Waals surface area contributed by atoms with Gasteiger partial charge < -0.3 is 10.6 Å². The number of thiocarbonyl (C=S) groups is 1. The molecule has 1 aromatic heterocycles. The van der Waals surface area contributed by atoms with Crippen LogP contribution in [0.25, 0.3) is 10.8 Å². The number of anilines is 1. The number of rotatable bonds is 4. The Morgan fingerprint density at radius 1 is 1.24 bits per heavy atom. The van der Waals surface area contributed by atoms with Crippen molar-refractivity contribution in [1.29, 1.82) is 0 Å². The van der Waals surface area contributed by atoms with E-state index in [0.717, 1.165) is 34.3 Å². The van der Waals surface area contributed by atoms with E-state index in [1.165, 1.54) is 0 Å². The lowest BCUT2D eigenvalue weighted by atomic mass is 10.0. The van der Waals surface area contributed by atoms with Crippen LogP contribution < -0.4 is 10.6 Å². The van der Waals surface area contributed by atoms with E-state index < -0.39 is 0 Å². The molecule has 3 aromatic rings. The fraction of sp³-hybridized carbons (Fsp3) is 0.125. The summed E-state index contributed by atoms with van der Waals surface area (Å²) in [6, 6.07) is 12.3. The normalized spacial score (nSPS) is 10.7. The van der Waals surface area contributed by atoms with Crippen molar-refractivity contribution in [2.45, 2.75) is 6.54 Å². The van der Waals surface area contributed by atoms with Gasteiger partial charge in [0.1, 0.15) is 4.99 Å². The van der Waals surface area contributed by atoms with Crippen LogP contribution in [-0.4, -0.2) is 17.0 Å². The largest absolute Gasteiger partial charge is 0.389 e. The second kappa shape index (κ2) is 5.79. The predicted molar refractivity (Wildman–Crippen MR) is 94.1 cm³/mol. The molecular weight excluding hydrogens is 298 g/mol. The van der Waals surface area contributed by atoms with Crippen LogP contribution in [0.5, 0.6) is 0 Å². The van der Waals surface area contributed by atoms with E-state index in [0.29, 0.717) is 4.99 Å². The average Bonchev–Trinajstić information content (AvgIpc) is 2.98. The van der Waals surface area contributed by atoms with Gasteiger partial charge in [0.2, 0.25) is 0 Å². The van der Waals surface area contributed by atoms with Crippen LogP contribution in [0.1, 0.15) is 11.3 Å². The van der Waals surface area contributed by atoms with Gasteiger partial charge in [-0.25, -0.2) is 4.98 Å². The molecule has 0 atom stereocenters. The Bertz CT molecular complexity index is 781. The first kappa shape index (κ1) is 14.0. The number of fused-ring (bicyclic) bond motifs is 1. The number of benzene rings is 2. The standard InChI is InChI=1S/C16H15N3S2/c1-19(8-11-9-21-10-18-11)15-7-6-14(16(17)20)12-4-2-3-5-13(12)15/h2-7,9-10H,8H2,1H3,(H2,17,20). The second-order valence-electron chi connectivity index (χ2n) is 4.88. The number of thiazole rings is 1. The summed E-state index contributed by atoms with van der Waals surface area (Å²) in [6.07, 6.45) is 0. The molecule has 1 heterocycles. The number of hydrogen-bond donors (Lipinski definition) is 1. The Balaban J connectivity index is 2.07. The summed E-state index contributed by atoms with van der Waals surface area (Å²) in [6.45, 7) is 0.778. The molecule has 2 aromatic carbocycles. The molecule has 0 aliphatic rings. The molecule has 0 radical (unpaired) electrons. The lowest BCUT2D eigenvalue weighted by Crippen LogP contribution is -2.18. The molecule has 3 rings (SSSR count). The molecule has 0 fully saturated rings. The van der Waals surface area contributed by atoms with Crippen molar-refractivity contribution in [1.82, 2.24) is 4.98 Å². The third-order valence-electron chi connectivity index (χ3n) is 3.46. The van der Waals surface area contributed by atoms with Gasteiger partial charge in [0.05, 0.1) is 17.7 Å². The van der Waals surface area contributed by atoms with Gasteiger partial charge in [0.25, 0.3) is 0 Å². The quantitative estimate of drug-likeness (QED) is 0.748. The molecule has 0 aliphatic carbocycles. The van der Waals surface area contributed by atoms with Gasteiger partial charge in [-0.3, -0.25) is 0 Å². The maximum Gasteiger partial charge on any atom is 0.104 e. The number of nitrogens with two attached hydrogens (primary N) is 1. The lowest BCUT2D eigenvalue weighted by Gasteiger charge is -2.21. The Morgan fingerprint density at radius 3 is 2.67 bits per heavy atom. The average molecular weight is 313 g/mol. The molecule has 0 saturated heterocycles. The molecule has 0 unspecified atom stereocenters. The number of hydrogen-bond acceptors (Lipinski definition) is 4. The van der Waals surface area contributed by atoms with Crippen molar-refractivity contribution < 1.29 is 0 Å². The third-order valence-corrected chi connectivity index (χ3v) is 4.32. The third kappa shape index (κ3) is 2.75. The fourth-order valence-electron chi connectivity index (χ4n) is 2.47. The fourth-order valence-corrected chi connectivity index (χ4v) is 3.20. The number of aromatic nitrogens is 1. The Labute approximate surface area is 133 Å². The zero-order chi connectivity index (χ0) is 14.8. The summed E-state index contributed by atoms with van der Waals surface area (Å²) < 4.78 is 0. The smallest absolute Gasteiger partial charge is 0.104 e. The van der Waals surface area contributed by atoms with Gasteiger partial charge in [-0.2, -0.15) is 0 Å². The van der Waals surface area contributed by atoms with Crippen LogP contribution in [0.15, 0.2) is 47.3 Å². The second-order valence-corrected chi connectivity index (χ2v) is 6.04. The Hall–Kier alpha value is -1.98. The van der Waals surface area contributed by atoms with Gasteiger partial charge in [-0.15, -0.1) is 11.3 Å². The molecule has 21 heavy (non-hydrogen) atoms. The first-order valence-corrected chi connectivity index (χ1v) is 7.91. The summed E-state index contributed by atoms with van der Waals surface area (Å²) in [5, 5.41) is 4.32. The summed E-state index contributed by atoms with van der Waals surface area (Å²) in [5.74, 6) is 0. The molecule has 0 amide bonds. The first-order valence-electron chi connectivity index (χ1n) is 6.56. The van der Waals surface area contributed by atoms with E-state index in [2.05, 4.69) is 40.5 Å². The molecule has 0 saturated carbocycles. The maximum atomic E-state index is 5.82. The van der Waals surface area contributed by atoms with Crippen molar-refractivity contribution in [3.63, 3.8) is 0 Å². The Morgan fingerprint density at radius 2 is 2.00 bits per heavy atom. The summed E-state index contributed by atoms with van der Waals surface area (Å²) in [7, 11) is 2.07. The molecule has 5 heteroatoms. The van der Waals surface area contributed by atoms with Crippen molar-refractivity contribution >= 4 is 45.0 Å². The van der Waals surface area contributed by atoms with Crippen LogP contribution in [0.2, 0.25) is 0 Å². The van der Waals surface area contributed by atoms with Gasteiger partial charge in [0, 0.05) is 29.1 Å². The van der Waals surface area contributed by atoms with Crippen molar-refractivity contribution in [3.05, 3.63) is 58.5 Å². The van der Waals surface area contributed by atoms with Crippen LogP contribution in [-0.2, 0) is 6.54 Å². The summed E-state index contributed by atoms with van der Waals surface area (Å²) >= 11 is 6.76. The topological polar surface area (TPSA) is 42.2 Å². The van der Waals surface area contributed by atoms with Gasteiger partial charge in [-0.1, -0.05) is 36.5 Å². The van der Waals surface area contributed by atoms with E-state index in [4.69, 9.17) is 18.0 Å². The van der Waals surface area contributed by atoms with Gasteiger partial charge >= 0.3 is 0 Å². The minimum Gasteiger partial charge on any atom is -0.389 e. The molecule has 2 N–H and O–H groups in total. The van der Waals surface area contributed by atoms with E-state index in [1.807, 2.05) is 23.7 Å². The molecule has 0 spiro atoms. The van der Waals surface area contributed by atoms with E-state index >= 15 is 0 Å². The monoisotopic (exact) mass is 313 g/mol. The van der Waals surface area contributed by atoms with E-state index in [1.54, 1.807) is 11.3 Å².